The Morgan fingerprint density at radius 3 is 2.21 bits per heavy atom. The Hall–Kier alpha value is -1.85. The second-order valence-corrected chi connectivity index (χ2v) is 9.84. The Bertz CT molecular complexity index is 929. The van der Waals surface area contributed by atoms with E-state index in [0.29, 0.717) is 29.5 Å². The molecule has 0 radical (unpaired) electrons. The standard InChI is InChI=1S/C28H35F3O2/c1-3-5-19-6-8-20(9-7-19)23-12-10-21(15-25(23)29)24-13-11-22(16-26(24)30)27-32-17-28(31,14-4-2)18-33-27/h10-13,15-16,19-20,27H,3-9,14,17-18H2,1-2H3. The predicted octanol–water partition coefficient (Wildman–Crippen LogP) is 8.26. The van der Waals surface area contributed by atoms with Crippen LogP contribution >= 0.6 is 0 Å². The minimum atomic E-state index is -1.49. The van der Waals surface area contributed by atoms with E-state index in [1.54, 1.807) is 12.1 Å². The minimum absolute atomic E-state index is 0.0676. The van der Waals surface area contributed by atoms with E-state index in [1.165, 1.54) is 25.0 Å². The summed E-state index contributed by atoms with van der Waals surface area (Å²) in [5.41, 5.74) is 0.596. The molecule has 0 aromatic heterocycles. The molecule has 2 aliphatic rings. The quantitative estimate of drug-likeness (QED) is 0.414. The fourth-order valence-corrected chi connectivity index (χ4v) is 5.43. The average Bonchev–Trinajstić information content (AvgIpc) is 2.80. The summed E-state index contributed by atoms with van der Waals surface area (Å²) in [6.07, 6.45) is 7.09. The molecule has 33 heavy (non-hydrogen) atoms. The van der Waals surface area contributed by atoms with Crippen LogP contribution in [0.3, 0.4) is 0 Å². The molecule has 5 heteroatoms. The van der Waals surface area contributed by atoms with Gasteiger partial charge in [0.15, 0.2) is 12.0 Å². The van der Waals surface area contributed by atoms with Crippen LogP contribution in [-0.4, -0.2) is 18.9 Å². The summed E-state index contributed by atoms with van der Waals surface area (Å²) in [6.45, 7) is 3.99. The Kier molecular flexibility index (Phi) is 7.80. The molecule has 1 saturated heterocycles. The number of hydrogen-bond acceptors (Lipinski definition) is 2. The van der Waals surface area contributed by atoms with Gasteiger partial charge in [-0.3, -0.25) is 0 Å². The summed E-state index contributed by atoms with van der Waals surface area (Å²) in [5.74, 6) is 0.281. The molecule has 180 valence electrons. The van der Waals surface area contributed by atoms with Crippen LogP contribution in [0.4, 0.5) is 13.2 Å². The van der Waals surface area contributed by atoms with Gasteiger partial charge in [-0.05, 0) is 67.2 Å². The first kappa shape index (κ1) is 24.3. The van der Waals surface area contributed by atoms with Gasteiger partial charge < -0.3 is 9.47 Å². The van der Waals surface area contributed by atoms with Gasteiger partial charge in [-0.2, -0.15) is 0 Å². The monoisotopic (exact) mass is 460 g/mol. The highest BCUT2D eigenvalue weighted by Crippen LogP contribution is 2.40. The van der Waals surface area contributed by atoms with Gasteiger partial charge in [0.25, 0.3) is 0 Å². The van der Waals surface area contributed by atoms with Gasteiger partial charge >= 0.3 is 0 Å². The smallest absolute Gasteiger partial charge is 0.184 e. The number of ether oxygens (including phenoxy) is 2. The van der Waals surface area contributed by atoms with Crippen LogP contribution in [0.5, 0.6) is 0 Å². The molecule has 2 aromatic rings. The minimum Gasteiger partial charge on any atom is -0.345 e. The molecular formula is C28H35F3O2. The van der Waals surface area contributed by atoms with Crippen molar-refractivity contribution in [2.75, 3.05) is 13.2 Å². The lowest BCUT2D eigenvalue weighted by molar-refractivity contribution is -0.239. The molecule has 0 amide bonds. The lowest BCUT2D eigenvalue weighted by atomic mass is 9.77. The third-order valence-electron chi connectivity index (χ3n) is 7.25. The lowest BCUT2D eigenvalue weighted by Gasteiger charge is -2.34. The molecule has 1 saturated carbocycles. The fourth-order valence-electron chi connectivity index (χ4n) is 5.43. The molecule has 0 N–H and O–H groups in total. The van der Waals surface area contributed by atoms with Crippen LogP contribution in [0.1, 0.15) is 88.5 Å². The van der Waals surface area contributed by atoms with Crippen molar-refractivity contribution in [1.82, 2.24) is 0 Å². The van der Waals surface area contributed by atoms with Crippen molar-refractivity contribution < 1.29 is 22.6 Å². The van der Waals surface area contributed by atoms with Crippen molar-refractivity contribution in [3.8, 4) is 11.1 Å². The molecule has 0 spiro atoms. The second kappa shape index (κ2) is 10.6. The van der Waals surface area contributed by atoms with Gasteiger partial charge in [-0.15, -0.1) is 0 Å². The maximum atomic E-state index is 15.0. The summed E-state index contributed by atoms with van der Waals surface area (Å²) in [4.78, 5) is 0. The number of alkyl halides is 1. The molecule has 0 atom stereocenters. The zero-order chi connectivity index (χ0) is 23.4. The highest BCUT2D eigenvalue weighted by Gasteiger charge is 2.37. The predicted molar refractivity (Wildman–Crippen MR) is 125 cm³/mol. The third kappa shape index (κ3) is 5.63. The second-order valence-electron chi connectivity index (χ2n) is 9.84. The van der Waals surface area contributed by atoms with Crippen molar-refractivity contribution in [3.63, 3.8) is 0 Å². The van der Waals surface area contributed by atoms with Crippen molar-refractivity contribution >= 4 is 0 Å². The molecule has 1 aliphatic carbocycles. The van der Waals surface area contributed by atoms with Gasteiger partial charge in [0.05, 0.1) is 13.2 Å². The van der Waals surface area contributed by atoms with Crippen molar-refractivity contribution in [2.45, 2.75) is 83.1 Å². The normalized spacial score (nSPS) is 28.1. The van der Waals surface area contributed by atoms with E-state index in [1.807, 2.05) is 19.1 Å². The van der Waals surface area contributed by atoms with Gasteiger partial charge in [-0.1, -0.05) is 57.4 Å². The van der Waals surface area contributed by atoms with E-state index in [0.717, 1.165) is 37.2 Å². The van der Waals surface area contributed by atoms with E-state index in [4.69, 9.17) is 9.47 Å². The summed E-state index contributed by atoms with van der Waals surface area (Å²) < 4.78 is 55.6. The van der Waals surface area contributed by atoms with E-state index < -0.39 is 17.8 Å². The maximum absolute atomic E-state index is 15.0. The molecular weight excluding hydrogens is 425 g/mol. The molecule has 2 aromatic carbocycles. The van der Waals surface area contributed by atoms with E-state index in [2.05, 4.69) is 6.92 Å². The zero-order valence-corrected chi connectivity index (χ0v) is 19.7. The van der Waals surface area contributed by atoms with Gasteiger partial charge in [0.2, 0.25) is 0 Å². The Morgan fingerprint density at radius 1 is 0.879 bits per heavy atom. The molecule has 1 aliphatic heterocycles. The molecule has 1 heterocycles. The summed E-state index contributed by atoms with van der Waals surface area (Å²) in [7, 11) is 0. The highest BCUT2D eigenvalue weighted by molar-refractivity contribution is 5.65. The highest BCUT2D eigenvalue weighted by atomic mass is 19.1. The van der Waals surface area contributed by atoms with Crippen LogP contribution in [0, 0.1) is 17.6 Å². The summed E-state index contributed by atoms with van der Waals surface area (Å²) in [5, 5.41) is 0. The first-order valence-corrected chi connectivity index (χ1v) is 12.4. The Morgan fingerprint density at radius 2 is 1.61 bits per heavy atom. The first-order chi connectivity index (χ1) is 15.9. The van der Waals surface area contributed by atoms with Crippen molar-refractivity contribution in [3.05, 3.63) is 59.2 Å². The zero-order valence-electron chi connectivity index (χ0n) is 19.7. The topological polar surface area (TPSA) is 18.5 Å². The maximum Gasteiger partial charge on any atom is 0.184 e. The Labute approximate surface area is 195 Å². The largest absolute Gasteiger partial charge is 0.345 e. The summed E-state index contributed by atoms with van der Waals surface area (Å²) >= 11 is 0. The first-order valence-electron chi connectivity index (χ1n) is 12.4. The van der Waals surface area contributed by atoms with Crippen LogP contribution in [-0.2, 0) is 9.47 Å². The van der Waals surface area contributed by atoms with E-state index in [9.17, 15) is 8.78 Å². The van der Waals surface area contributed by atoms with Crippen molar-refractivity contribution in [1.29, 1.82) is 0 Å². The average molecular weight is 461 g/mol. The SMILES string of the molecule is CCCC1CCC(c2ccc(-c3ccc(C4OCC(F)(CCC)CO4)cc3F)cc2F)CC1. The number of rotatable bonds is 7. The number of hydrogen-bond donors (Lipinski definition) is 0. The van der Waals surface area contributed by atoms with Crippen LogP contribution in [0.2, 0.25) is 0 Å². The van der Waals surface area contributed by atoms with Crippen LogP contribution in [0.15, 0.2) is 36.4 Å². The lowest BCUT2D eigenvalue weighted by Crippen LogP contribution is -2.41. The molecule has 0 bridgehead atoms. The van der Waals surface area contributed by atoms with Crippen molar-refractivity contribution in [2.24, 2.45) is 5.92 Å². The van der Waals surface area contributed by atoms with Gasteiger partial charge in [0, 0.05) is 11.1 Å². The van der Waals surface area contributed by atoms with Crippen LogP contribution in [0.25, 0.3) is 11.1 Å². The Balaban J connectivity index is 1.44. The van der Waals surface area contributed by atoms with Gasteiger partial charge in [0.1, 0.15) is 11.6 Å². The third-order valence-corrected chi connectivity index (χ3v) is 7.25. The van der Waals surface area contributed by atoms with E-state index >= 15 is 4.39 Å². The molecule has 2 fully saturated rings. The molecule has 4 rings (SSSR count). The number of halogens is 3. The summed E-state index contributed by atoms with van der Waals surface area (Å²) in [6, 6.07) is 9.74. The van der Waals surface area contributed by atoms with Gasteiger partial charge in [-0.25, -0.2) is 13.2 Å². The van der Waals surface area contributed by atoms with Crippen LogP contribution < -0.4 is 0 Å². The molecule has 0 unspecified atom stereocenters. The number of benzene rings is 2. The fraction of sp³-hybridized carbons (Fsp3) is 0.571. The molecule has 2 nitrogen and oxygen atoms in total. The van der Waals surface area contributed by atoms with E-state index in [-0.39, 0.29) is 24.9 Å².